The van der Waals surface area contributed by atoms with E-state index in [2.05, 4.69) is 15.3 Å². The molecule has 2 aliphatic rings. The summed E-state index contributed by atoms with van der Waals surface area (Å²) in [6.45, 7) is 2.29. The number of esters is 1. The van der Waals surface area contributed by atoms with Crippen molar-refractivity contribution in [1.29, 1.82) is 0 Å². The summed E-state index contributed by atoms with van der Waals surface area (Å²) in [5.74, 6) is -0.203. The summed E-state index contributed by atoms with van der Waals surface area (Å²) < 4.78 is 5.45. The molecular weight excluding hydrogens is 406 g/mol. The van der Waals surface area contributed by atoms with Crippen molar-refractivity contribution in [3.63, 3.8) is 0 Å². The predicted molar refractivity (Wildman–Crippen MR) is 121 cm³/mol. The van der Waals surface area contributed by atoms with Crippen LogP contribution in [-0.4, -0.2) is 58.9 Å². The van der Waals surface area contributed by atoms with Crippen LogP contribution >= 0.6 is 0 Å². The van der Waals surface area contributed by atoms with E-state index in [1.807, 2.05) is 59.5 Å². The minimum absolute atomic E-state index is 0.131. The zero-order valence-electron chi connectivity index (χ0n) is 17.3. The molecule has 2 aliphatic heterocycles. The molecule has 0 unspecified atom stereocenters. The average molecular weight is 427 g/mol. The predicted octanol–water partition coefficient (Wildman–Crippen LogP) is 3.23. The molecule has 1 saturated heterocycles. The second-order valence-electron chi connectivity index (χ2n) is 7.52. The number of carbonyl (C=O) groups excluding carboxylic acids is 2. The Balaban J connectivity index is 1.26. The van der Waals surface area contributed by atoms with E-state index >= 15 is 0 Å². The molecule has 8 heteroatoms. The van der Waals surface area contributed by atoms with Gasteiger partial charge in [0.05, 0.1) is 5.52 Å². The molecule has 0 saturated carbocycles. The van der Waals surface area contributed by atoms with Gasteiger partial charge in [-0.05, 0) is 24.3 Å². The number of hydrogen-bond acceptors (Lipinski definition) is 6. The second-order valence-corrected chi connectivity index (χ2v) is 7.52. The molecule has 1 aromatic heterocycles. The van der Waals surface area contributed by atoms with E-state index in [4.69, 9.17) is 4.74 Å². The van der Waals surface area contributed by atoms with Crippen molar-refractivity contribution >= 4 is 34.5 Å². The van der Waals surface area contributed by atoms with Crippen LogP contribution in [0.4, 0.5) is 10.5 Å². The van der Waals surface area contributed by atoms with Gasteiger partial charge in [-0.1, -0.05) is 36.4 Å². The molecule has 160 valence electrons. The lowest BCUT2D eigenvalue weighted by Gasteiger charge is -2.34. The number of para-hydroxylation sites is 2. The molecule has 2 aromatic carbocycles. The van der Waals surface area contributed by atoms with Gasteiger partial charge in [0.25, 0.3) is 0 Å². The summed E-state index contributed by atoms with van der Waals surface area (Å²) in [6.07, 6.45) is 3.39. The van der Waals surface area contributed by atoms with E-state index in [9.17, 15) is 9.59 Å². The van der Waals surface area contributed by atoms with E-state index in [1.54, 1.807) is 23.4 Å². The van der Waals surface area contributed by atoms with Crippen LogP contribution in [0.25, 0.3) is 10.9 Å². The highest BCUT2D eigenvalue weighted by molar-refractivity contribution is 6.15. The number of ether oxygens (including phenoxy) is 1. The Labute approximate surface area is 184 Å². The summed E-state index contributed by atoms with van der Waals surface area (Å²) in [5.41, 5.74) is 2.56. The Kier molecular flexibility index (Phi) is 5.25. The topological polar surface area (TPSA) is 87.1 Å². The fraction of sp³-hybridized carbons (Fsp3) is 0.167. The fourth-order valence-electron chi connectivity index (χ4n) is 3.75. The van der Waals surface area contributed by atoms with Crippen LogP contribution in [0.15, 0.2) is 83.7 Å². The summed E-state index contributed by atoms with van der Waals surface area (Å²) in [4.78, 5) is 37.4. The highest BCUT2D eigenvalue weighted by Crippen LogP contribution is 2.23. The van der Waals surface area contributed by atoms with Gasteiger partial charge in [-0.3, -0.25) is 4.98 Å². The van der Waals surface area contributed by atoms with Gasteiger partial charge in [-0.25, -0.2) is 14.6 Å². The summed E-state index contributed by atoms with van der Waals surface area (Å²) in [6, 6.07) is 18.7. The number of hydrogen-bond donors (Lipinski definition) is 1. The third kappa shape index (κ3) is 4.02. The molecule has 3 heterocycles. The van der Waals surface area contributed by atoms with Crippen molar-refractivity contribution < 1.29 is 14.3 Å². The first-order valence-corrected chi connectivity index (χ1v) is 10.4. The molecule has 0 spiro atoms. The van der Waals surface area contributed by atoms with Crippen molar-refractivity contribution in [1.82, 2.24) is 14.8 Å². The van der Waals surface area contributed by atoms with Gasteiger partial charge in [-0.2, -0.15) is 0 Å². The number of anilines is 1. The molecule has 1 N–H and O–H groups in total. The normalized spacial score (nSPS) is 17.4. The Morgan fingerprint density at radius 1 is 0.969 bits per heavy atom. The summed E-state index contributed by atoms with van der Waals surface area (Å²) >= 11 is 0. The van der Waals surface area contributed by atoms with Gasteiger partial charge >= 0.3 is 12.0 Å². The monoisotopic (exact) mass is 427 g/mol. The van der Waals surface area contributed by atoms with Crippen LogP contribution < -0.4 is 5.32 Å². The SMILES string of the molecule is O=C1OC(c2ccnc3ccccc23)=N/C1=C/N1CCN(C(=O)Nc2ccccc2)CC1. The molecule has 32 heavy (non-hydrogen) atoms. The maximum absolute atomic E-state index is 12.5. The Morgan fingerprint density at radius 2 is 1.72 bits per heavy atom. The highest BCUT2D eigenvalue weighted by Gasteiger charge is 2.27. The van der Waals surface area contributed by atoms with Gasteiger partial charge in [0.1, 0.15) is 0 Å². The maximum Gasteiger partial charge on any atom is 0.365 e. The number of fused-ring (bicyclic) bond motifs is 1. The Morgan fingerprint density at radius 3 is 2.53 bits per heavy atom. The van der Waals surface area contributed by atoms with Crippen LogP contribution in [0.5, 0.6) is 0 Å². The molecule has 0 aliphatic carbocycles. The van der Waals surface area contributed by atoms with Crippen molar-refractivity contribution in [3.05, 3.63) is 84.3 Å². The number of aliphatic imine (C=N–C) groups is 1. The highest BCUT2D eigenvalue weighted by atomic mass is 16.6. The lowest BCUT2D eigenvalue weighted by atomic mass is 10.1. The smallest absolute Gasteiger partial charge is 0.365 e. The number of aromatic nitrogens is 1. The van der Waals surface area contributed by atoms with Crippen LogP contribution in [-0.2, 0) is 9.53 Å². The number of nitrogens with zero attached hydrogens (tertiary/aromatic N) is 4. The number of carbonyl (C=O) groups is 2. The fourth-order valence-corrected chi connectivity index (χ4v) is 3.75. The van der Waals surface area contributed by atoms with E-state index in [0.717, 1.165) is 22.2 Å². The van der Waals surface area contributed by atoms with E-state index in [0.29, 0.717) is 26.2 Å². The van der Waals surface area contributed by atoms with Crippen LogP contribution in [0.2, 0.25) is 0 Å². The number of amides is 2. The first kappa shape index (κ1) is 19.7. The third-order valence-corrected chi connectivity index (χ3v) is 5.43. The molecule has 0 radical (unpaired) electrons. The minimum Gasteiger partial charge on any atom is -0.402 e. The van der Waals surface area contributed by atoms with Crippen LogP contribution in [0.3, 0.4) is 0 Å². The molecule has 2 amide bonds. The quantitative estimate of drug-likeness (QED) is 0.512. The van der Waals surface area contributed by atoms with Crippen LogP contribution in [0.1, 0.15) is 5.56 Å². The molecule has 0 atom stereocenters. The summed E-state index contributed by atoms with van der Waals surface area (Å²) in [7, 11) is 0. The Hall–Kier alpha value is -4.20. The van der Waals surface area contributed by atoms with E-state index in [-0.39, 0.29) is 17.6 Å². The molecule has 1 fully saturated rings. The first-order chi connectivity index (χ1) is 15.7. The van der Waals surface area contributed by atoms with Gasteiger partial charge < -0.3 is 19.9 Å². The van der Waals surface area contributed by atoms with Gasteiger partial charge in [0.15, 0.2) is 5.70 Å². The van der Waals surface area contributed by atoms with Crippen LogP contribution in [0, 0.1) is 0 Å². The van der Waals surface area contributed by atoms with Gasteiger partial charge in [0.2, 0.25) is 5.90 Å². The number of cyclic esters (lactones) is 1. The molecular formula is C24H21N5O3. The van der Waals surface area contributed by atoms with E-state index in [1.165, 1.54) is 0 Å². The first-order valence-electron chi connectivity index (χ1n) is 10.4. The standard InChI is InChI=1S/C24H21N5O3/c30-23-21(27-22(32-23)19-10-11-25-20-9-5-4-8-18(19)20)16-28-12-14-29(15-13-28)24(31)26-17-6-2-1-3-7-17/h1-11,16H,12-15H2,(H,26,31)/b21-16+. The number of benzene rings is 2. The van der Waals surface area contributed by atoms with Gasteiger partial charge in [-0.15, -0.1) is 0 Å². The van der Waals surface area contributed by atoms with Crippen molar-refractivity contribution in [2.24, 2.45) is 4.99 Å². The minimum atomic E-state index is -0.481. The number of urea groups is 1. The molecule has 0 bridgehead atoms. The zero-order valence-corrected chi connectivity index (χ0v) is 17.3. The molecule has 8 nitrogen and oxygen atoms in total. The lowest BCUT2D eigenvalue weighted by Crippen LogP contribution is -2.48. The van der Waals surface area contributed by atoms with Crippen molar-refractivity contribution in [3.8, 4) is 0 Å². The van der Waals surface area contributed by atoms with Gasteiger partial charge in [0, 0.05) is 55.2 Å². The largest absolute Gasteiger partial charge is 0.402 e. The number of piperazine rings is 1. The third-order valence-electron chi connectivity index (χ3n) is 5.43. The lowest BCUT2D eigenvalue weighted by molar-refractivity contribution is -0.130. The zero-order chi connectivity index (χ0) is 21.9. The second kappa shape index (κ2) is 8.50. The Bertz CT molecular complexity index is 1230. The number of rotatable bonds is 3. The molecule has 5 rings (SSSR count). The summed E-state index contributed by atoms with van der Waals surface area (Å²) in [5, 5.41) is 3.77. The maximum atomic E-state index is 12.5. The number of nitrogens with one attached hydrogen (secondary N) is 1. The average Bonchev–Trinajstić information content (AvgIpc) is 3.19. The van der Waals surface area contributed by atoms with E-state index < -0.39 is 5.97 Å². The number of pyridine rings is 1. The van der Waals surface area contributed by atoms with Crippen molar-refractivity contribution in [2.75, 3.05) is 31.5 Å². The molecule has 3 aromatic rings. The van der Waals surface area contributed by atoms with Crippen molar-refractivity contribution in [2.45, 2.75) is 0 Å².